The van der Waals surface area contributed by atoms with E-state index in [0.29, 0.717) is 40.7 Å². The molecule has 0 aliphatic rings. The number of hydrogen-bond acceptors (Lipinski definition) is 6. The summed E-state index contributed by atoms with van der Waals surface area (Å²) in [7, 11) is 3.45. The highest BCUT2D eigenvalue weighted by atomic mass is 19.1. The van der Waals surface area contributed by atoms with Crippen molar-refractivity contribution in [2.24, 2.45) is 18.7 Å². The first kappa shape index (κ1) is 20.7. The fraction of sp³-hybridized carbons (Fsp3) is 0.333. The third-order valence-corrected chi connectivity index (χ3v) is 4.88. The number of amides is 1. The van der Waals surface area contributed by atoms with Gasteiger partial charge < -0.3 is 20.0 Å². The lowest BCUT2D eigenvalue weighted by Crippen LogP contribution is -2.29. The maximum Gasteiger partial charge on any atom is 0.415 e. The molecule has 4 aromatic rings. The Morgan fingerprint density at radius 3 is 2.81 bits per heavy atom. The van der Waals surface area contributed by atoms with Crippen molar-refractivity contribution in [2.45, 2.75) is 20.4 Å². The van der Waals surface area contributed by atoms with Gasteiger partial charge >= 0.3 is 6.09 Å². The van der Waals surface area contributed by atoms with Gasteiger partial charge in [-0.2, -0.15) is 0 Å². The van der Waals surface area contributed by atoms with Gasteiger partial charge in [-0.15, -0.1) is 0 Å². The Hall–Kier alpha value is -3.53. The van der Waals surface area contributed by atoms with E-state index in [1.54, 1.807) is 13.4 Å². The monoisotopic (exact) mass is 425 g/mol. The Kier molecular flexibility index (Phi) is 5.32. The van der Waals surface area contributed by atoms with Crippen molar-refractivity contribution in [3.63, 3.8) is 0 Å². The second-order valence-corrected chi connectivity index (χ2v) is 7.83. The minimum Gasteiger partial charge on any atom is -0.449 e. The van der Waals surface area contributed by atoms with Crippen LogP contribution in [0.5, 0.6) is 0 Å². The number of aromatic nitrogens is 5. The van der Waals surface area contributed by atoms with E-state index in [2.05, 4.69) is 19.9 Å². The second kappa shape index (κ2) is 7.95. The fourth-order valence-electron chi connectivity index (χ4n) is 3.37. The zero-order valence-corrected chi connectivity index (χ0v) is 17.8. The van der Waals surface area contributed by atoms with E-state index in [0.717, 1.165) is 10.9 Å². The predicted molar refractivity (Wildman–Crippen MR) is 116 cm³/mol. The molecular weight excluding hydrogens is 401 g/mol. The van der Waals surface area contributed by atoms with Crippen LogP contribution in [0.25, 0.3) is 33.5 Å². The minimum atomic E-state index is -0.515. The maximum atomic E-state index is 14.0. The number of imidazole rings is 1. The van der Waals surface area contributed by atoms with Crippen molar-refractivity contribution < 1.29 is 13.9 Å². The summed E-state index contributed by atoms with van der Waals surface area (Å²) in [5.74, 6) is 0.155. The molecule has 0 unspecified atom stereocenters. The average Bonchev–Trinajstić information content (AvgIpc) is 3.33. The third-order valence-electron chi connectivity index (χ3n) is 4.88. The molecule has 0 fully saturated rings. The van der Waals surface area contributed by atoms with Gasteiger partial charge in [-0.25, -0.2) is 24.1 Å². The molecule has 0 spiro atoms. The summed E-state index contributed by atoms with van der Waals surface area (Å²) >= 11 is 0. The molecule has 0 bridgehead atoms. The van der Waals surface area contributed by atoms with Crippen LogP contribution >= 0.6 is 0 Å². The van der Waals surface area contributed by atoms with Gasteiger partial charge in [0.05, 0.1) is 35.5 Å². The molecule has 4 aromatic heterocycles. The number of carbonyl (C=O) groups is 1. The van der Waals surface area contributed by atoms with Crippen LogP contribution in [-0.2, 0) is 18.3 Å². The fourth-order valence-corrected chi connectivity index (χ4v) is 3.37. The Morgan fingerprint density at radius 1 is 1.32 bits per heavy atom. The number of nitrogens with one attached hydrogen (secondary N) is 1. The first-order chi connectivity index (χ1) is 14.8. The molecule has 4 rings (SSSR count). The standard InChI is InChI=1S/C21H24FN7O2/c1-11(2)9-31-21(30)29(4)20-17-18(28(3)10-24-17)14-7-16(26-19(14)27-20)15-6-12(22)5-13(8-23)25-15/h5-7,10-11H,8-9,23H2,1-4H3,(H,26,27). The summed E-state index contributed by atoms with van der Waals surface area (Å²) in [4.78, 5) is 30.5. The zero-order valence-electron chi connectivity index (χ0n) is 17.8. The Balaban J connectivity index is 1.85. The maximum absolute atomic E-state index is 14.0. The topological polar surface area (TPSA) is 115 Å². The molecule has 1 amide bonds. The van der Waals surface area contributed by atoms with Gasteiger partial charge in [0.25, 0.3) is 0 Å². The van der Waals surface area contributed by atoms with E-state index >= 15 is 0 Å². The van der Waals surface area contributed by atoms with Crippen molar-refractivity contribution in [3.8, 4) is 11.4 Å². The van der Waals surface area contributed by atoms with E-state index in [1.807, 2.05) is 31.5 Å². The summed E-state index contributed by atoms with van der Waals surface area (Å²) in [6.07, 6.45) is 1.14. The SMILES string of the molecule is CC(C)COC(=O)N(C)c1nc2[nH]c(-c3cc(F)cc(CN)n3)cc2c2c1ncn2C. The van der Waals surface area contributed by atoms with Crippen molar-refractivity contribution in [1.29, 1.82) is 0 Å². The lowest BCUT2D eigenvalue weighted by Gasteiger charge is -2.17. The van der Waals surface area contributed by atoms with Crippen LogP contribution in [0.4, 0.5) is 15.0 Å². The molecule has 0 saturated carbocycles. The van der Waals surface area contributed by atoms with Crippen LogP contribution in [0.1, 0.15) is 19.5 Å². The van der Waals surface area contributed by atoms with Crippen molar-refractivity contribution in [2.75, 3.05) is 18.6 Å². The normalized spacial score (nSPS) is 11.6. The number of ether oxygens (including phenoxy) is 1. The number of pyridine rings is 2. The first-order valence-corrected chi connectivity index (χ1v) is 9.89. The molecule has 31 heavy (non-hydrogen) atoms. The number of anilines is 1. The summed E-state index contributed by atoms with van der Waals surface area (Å²) in [5.41, 5.74) is 8.93. The van der Waals surface area contributed by atoms with Crippen LogP contribution < -0.4 is 10.6 Å². The average molecular weight is 425 g/mol. The van der Waals surface area contributed by atoms with Gasteiger partial charge in [-0.3, -0.25) is 4.90 Å². The lowest BCUT2D eigenvalue weighted by atomic mass is 10.2. The highest BCUT2D eigenvalue weighted by molar-refractivity contribution is 6.09. The summed E-state index contributed by atoms with van der Waals surface area (Å²) in [6, 6.07) is 4.48. The number of fused-ring (bicyclic) bond motifs is 3. The number of H-pyrrole nitrogens is 1. The molecule has 0 aromatic carbocycles. The molecule has 0 saturated heterocycles. The van der Waals surface area contributed by atoms with E-state index in [9.17, 15) is 9.18 Å². The highest BCUT2D eigenvalue weighted by Crippen LogP contribution is 2.33. The van der Waals surface area contributed by atoms with E-state index in [-0.39, 0.29) is 12.5 Å². The molecule has 10 heteroatoms. The molecule has 9 nitrogen and oxygen atoms in total. The third kappa shape index (κ3) is 3.81. The molecule has 0 aliphatic carbocycles. The van der Waals surface area contributed by atoms with Crippen LogP contribution in [-0.4, -0.2) is 44.3 Å². The van der Waals surface area contributed by atoms with E-state index in [1.165, 1.54) is 17.0 Å². The Morgan fingerprint density at radius 2 is 2.10 bits per heavy atom. The number of carbonyl (C=O) groups excluding carboxylic acids is 1. The zero-order chi connectivity index (χ0) is 22.3. The second-order valence-electron chi connectivity index (χ2n) is 7.83. The van der Waals surface area contributed by atoms with Crippen LogP contribution in [0.3, 0.4) is 0 Å². The molecule has 0 radical (unpaired) electrons. The Labute approximate surface area is 178 Å². The van der Waals surface area contributed by atoms with Gasteiger partial charge in [0.1, 0.15) is 17.0 Å². The Bertz CT molecular complexity index is 1280. The summed E-state index contributed by atoms with van der Waals surface area (Å²) < 4.78 is 21.2. The number of aryl methyl sites for hydroxylation is 1. The summed E-state index contributed by atoms with van der Waals surface area (Å²) in [6.45, 7) is 4.36. The van der Waals surface area contributed by atoms with Crippen LogP contribution in [0.15, 0.2) is 24.5 Å². The minimum absolute atomic E-state index is 0.128. The molecule has 162 valence electrons. The molecule has 0 atom stereocenters. The first-order valence-electron chi connectivity index (χ1n) is 9.89. The molecule has 3 N–H and O–H groups in total. The quantitative estimate of drug-likeness (QED) is 0.507. The van der Waals surface area contributed by atoms with Gasteiger partial charge in [-0.1, -0.05) is 13.8 Å². The largest absolute Gasteiger partial charge is 0.449 e. The smallest absolute Gasteiger partial charge is 0.415 e. The van der Waals surface area contributed by atoms with Crippen LogP contribution in [0.2, 0.25) is 0 Å². The van der Waals surface area contributed by atoms with Gasteiger partial charge in [0.15, 0.2) is 5.82 Å². The number of nitrogens with two attached hydrogens (primary N) is 1. The van der Waals surface area contributed by atoms with Crippen molar-refractivity contribution >= 4 is 34.0 Å². The van der Waals surface area contributed by atoms with E-state index < -0.39 is 11.9 Å². The van der Waals surface area contributed by atoms with Gasteiger partial charge in [-0.05, 0) is 18.1 Å². The van der Waals surface area contributed by atoms with Gasteiger partial charge in [0, 0.05) is 32.1 Å². The van der Waals surface area contributed by atoms with E-state index in [4.69, 9.17) is 10.5 Å². The number of aromatic amines is 1. The van der Waals surface area contributed by atoms with Crippen molar-refractivity contribution in [1.82, 2.24) is 24.5 Å². The highest BCUT2D eigenvalue weighted by Gasteiger charge is 2.23. The lowest BCUT2D eigenvalue weighted by molar-refractivity contribution is 0.141. The van der Waals surface area contributed by atoms with Crippen LogP contribution in [0, 0.1) is 11.7 Å². The molecule has 0 aliphatic heterocycles. The summed E-state index contributed by atoms with van der Waals surface area (Å²) in [5, 5.41) is 0.776. The number of rotatable bonds is 5. The number of halogens is 1. The predicted octanol–water partition coefficient (Wildman–Crippen LogP) is 3.34. The molecule has 4 heterocycles. The van der Waals surface area contributed by atoms with Crippen molar-refractivity contribution in [3.05, 3.63) is 36.0 Å². The number of nitrogens with zero attached hydrogens (tertiary/aromatic N) is 5. The number of hydrogen-bond donors (Lipinski definition) is 2. The molecular formula is C21H24FN7O2. The van der Waals surface area contributed by atoms with Gasteiger partial charge in [0.2, 0.25) is 0 Å².